The van der Waals surface area contributed by atoms with Crippen LogP contribution < -0.4 is 47.3 Å². The first kappa shape index (κ1) is 30.5. The van der Waals surface area contributed by atoms with Crippen molar-refractivity contribution in [2.45, 2.75) is 11.4 Å². The van der Waals surface area contributed by atoms with Crippen LogP contribution in [0.5, 0.6) is 17.2 Å². The summed E-state index contributed by atoms with van der Waals surface area (Å²) in [7, 11) is -4.16. The van der Waals surface area contributed by atoms with Crippen LogP contribution in [-0.4, -0.2) is 67.7 Å². The van der Waals surface area contributed by atoms with Gasteiger partial charge in [0.2, 0.25) is 10.0 Å². The Hall–Kier alpha value is -5.43. The van der Waals surface area contributed by atoms with Gasteiger partial charge in [0, 0.05) is 25.7 Å². The van der Waals surface area contributed by atoms with Crippen molar-refractivity contribution in [1.82, 2.24) is 24.9 Å². The number of carbonyl (C=O) groups excluding carboxylic acids is 1. The maximum absolute atomic E-state index is 12.4. The van der Waals surface area contributed by atoms with Gasteiger partial charge in [0.25, 0.3) is 5.69 Å². The van der Waals surface area contributed by atoms with Crippen LogP contribution in [0.3, 0.4) is 0 Å². The van der Waals surface area contributed by atoms with E-state index in [-0.39, 0.29) is 51.1 Å². The van der Waals surface area contributed by atoms with Gasteiger partial charge in [0.15, 0.2) is 28.2 Å². The number of amides is 2. The van der Waals surface area contributed by atoms with Gasteiger partial charge in [-0.1, -0.05) is 18.2 Å². The number of nitrogens with two attached hydrogens (primary N) is 2. The number of nitro groups is 1. The Morgan fingerprint density at radius 2 is 1.88 bits per heavy atom. The number of carbonyl (C=O) groups is 1. The molecule has 1 aliphatic heterocycles. The van der Waals surface area contributed by atoms with Crippen molar-refractivity contribution in [3.8, 4) is 17.2 Å². The molecule has 18 nitrogen and oxygen atoms in total. The van der Waals surface area contributed by atoms with Crippen molar-refractivity contribution >= 4 is 39.2 Å². The molecule has 19 heteroatoms. The number of nitrogens with zero attached hydrogens (tertiary/aromatic N) is 4. The molecule has 0 aliphatic carbocycles. The maximum atomic E-state index is 12.4. The molecule has 1 aromatic heterocycles. The zero-order valence-electron chi connectivity index (χ0n) is 22.5. The number of sulfonamides is 1. The molecule has 228 valence electrons. The number of nitrogens with one attached hydrogen (secondary N) is 4. The smallest absolute Gasteiger partial charge is 0.349 e. The molecule has 0 saturated heterocycles. The number of benzene rings is 2. The summed E-state index contributed by atoms with van der Waals surface area (Å²) < 4.78 is 40.0. The molecule has 0 bridgehead atoms. The number of guanidine groups is 1. The van der Waals surface area contributed by atoms with Crippen LogP contribution in [-0.2, 0) is 16.6 Å². The van der Waals surface area contributed by atoms with E-state index in [9.17, 15) is 28.1 Å². The third kappa shape index (κ3) is 7.86. The summed E-state index contributed by atoms with van der Waals surface area (Å²) in [6, 6.07) is 9.42. The number of aromatic nitrogens is 2. The van der Waals surface area contributed by atoms with E-state index >= 15 is 0 Å². The van der Waals surface area contributed by atoms with E-state index in [4.69, 9.17) is 20.9 Å². The summed E-state index contributed by atoms with van der Waals surface area (Å²) in [5.41, 5.74) is 9.98. The largest absolute Gasteiger partial charge is 0.489 e. The zero-order valence-corrected chi connectivity index (χ0v) is 23.3. The molecule has 0 unspecified atom stereocenters. The van der Waals surface area contributed by atoms with Crippen LogP contribution in [0.15, 0.2) is 63.3 Å². The van der Waals surface area contributed by atoms with E-state index in [2.05, 4.69) is 30.6 Å². The molecular formula is C24H28N10O8S. The van der Waals surface area contributed by atoms with Crippen LogP contribution in [0.2, 0.25) is 0 Å². The van der Waals surface area contributed by atoms with Crippen LogP contribution in [0, 0.1) is 10.1 Å². The van der Waals surface area contributed by atoms with Crippen molar-refractivity contribution in [3.05, 3.63) is 69.3 Å². The molecule has 2 amide bonds. The second-order valence-corrected chi connectivity index (χ2v) is 10.5. The molecule has 4 rings (SSSR count). The molecular weight excluding hydrogens is 588 g/mol. The predicted molar refractivity (Wildman–Crippen MR) is 154 cm³/mol. The summed E-state index contributed by atoms with van der Waals surface area (Å²) in [5, 5.41) is 19.2. The number of para-hydroxylation sites is 2. The molecule has 1 aliphatic rings. The van der Waals surface area contributed by atoms with Crippen LogP contribution in [0.25, 0.3) is 0 Å². The minimum absolute atomic E-state index is 0.0581. The lowest BCUT2D eigenvalue weighted by Gasteiger charge is -2.23. The molecule has 2 aromatic carbocycles. The first-order valence-corrected chi connectivity index (χ1v) is 14.2. The second kappa shape index (κ2) is 13.5. The number of hydrogen-bond acceptors (Lipinski definition) is 11. The fraction of sp³-hybridized carbons (Fsp3) is 0.250. The van der Waals surface area contributed by atoms with Gasteiger partial charge in [-0.05, 0) is 18.2 Å². The highest BCUT2D eigenvalue weighted by Crippen LogP contribution is 2.44. The fourth-order valence-electron chi connectivity index (χ4n) is 3.82. The molecule has 3 aromatic rings. The lowest BCUT2D eigenvalue weighted by atomic mass is 10.2. The summed E-state index contributed by atoms with van der Waals surface area (Å²) in [6.07, 6.45) is 1.50. The number of nitro benzene ring substituents is 1. The Morgan fingerprint density at radius 3 is 2.65 bits per heavy atom. The van der Waals surface area contributed by atoms with Gasteiger partial charge in [-0.25, -0.2) is 22.7 Å². The summed E-state index contributed by atoms with van der Waals surface area (Å²) in [4.78, 5) is 42.2. The number of hydrogen-bond donors (Lipinski definition) is 6. The Labute approximate surface area is 244 Å². The molecule has 0 fully saturated rings. The van der Waals surface area contributed by atoms with Crippen LogP contribution >= 0.6 is 0 Å². The number of fused-ring (bicyclic) bond motifs is 2. The highest BCUT2D eigenvalue weighted by molar-refractivity contribution is 7.89. The average Bonchev–Trinajstić information content (AvgIpc) is 2.97. The van der Waals surface area contributed by atoms with Gasteiger partial charge >= 0.3 is 11.7 Å². The van der Waals surface area contributed by atoms with Gasteiger partial charge in [0.1, 0.15) is 18.0 Å². The lowest BCUT2D eigenvalue weighted by Crippen LogP contribution is -2.41. The molecule has 0 radical (unpaired) electrons. The number of ether oxygens (including phenoxy) is 2. The molecule has 0 atom stereocenters. The minimum Gasteiger partial charge on any atom is -0.489 e. The molecule has 8 N–H and O–H groups in total. The van der Waals surface area contributed by atoms with Crippen LogP contribution in [0.1, 0.15) is 0 Å². The van der Waals surface area contributed by atoms with E-state index in [1.807, 2.05) is 0 Å². The van der Waals surface area contributed by atoms with Gasteiger partial charge in [-0.15, -0.1) is 0 Å². The monoisotopic (exact) mass is 616 g/mol. The third-order valence-corrected chi connectivity index (χ3v) is 7.25. The van der Waals surface area contributed by atoms with Gasteiger partial charge in [-0.3, -0.25) is 19.7 Å². The Kier molecular flexibility index (Phi) is 9.58. The topological polar surface area (TPSA) is 260 Å². The highest BCUT2D eigenvalue weighted by Gasteiger charge is 2.25. The molecule has 0 spiro atoms. The van der Waals surface area contributed by atoms with E-state index in [0.717, 1.165) is 12.1 Å². The van der Waals surface area contributed by atoms with E-state index in [1.165, 1.54) is 22.9 Å². The Balaban J connectivity index is 1.23. The van der Waals surface area contributed by atoms with Crippen molar-refractivity contribution < 1.29 is 27.6 Å². The fourth-order valence-corrected chi connectivity index (χ4v) is 5.02. The normalized spacial score (nSPS) is 11.6. The van der Waals surface area contributed by atoms with Crippen molar-refractivity contribution in [1.29, 1.82) is 0 Å². The number of aliphatic imine (C=N–C) groups is 1. The first-order chi connectivity index (χ1) is 20.5. The summed E-state index contributed by atoms with van der Waals surface area (Å²) >= 11 is 0. The Bertz CT molecular complexity index is 1710. The van der Waals surface area contributed by atoms with Gasteiger partial charge < -0.3 is 36.9 Å². The molecule has 2 heterocycles. The lowest BCUT2D eigenvalue weighted by molar-refractivity contribution is -0.387. The van der Waals surface area contributed by atoms with Gasteiger partial charge in [-0.2, -0.15) is 4.98 Å². The van der Waals surface area contributed by atoms with Crippen LogP contribution in [0.4, 0.5) is 22.0 Å². The second-order valence-electron chi connectivity index (χ2n) is 8.75. The minimum atomic E-state index is -4.16. The van der Waals surface area contributed by atoms with E-state index < -0.39 is 37.3 Å². The third-order valence-electron chi connectivity index (χ3n) is 5.75. The van der Waals surface area contributed by atoms with Gasteiger partial charge in [0.05, 0.1) is 24.2 Å². The number of urea groups is 1. The first-order valence-electron chi connectivity index (χ1n) is 12.7. The predicted octanol–water partition coefficient (Wildman–Crippen LogP) is -0.0693. The van der Waals surface area contributed by atoms with Crippen molar-refractivity contribution in [3.63, 3.8) is 0 Å². The SMILES string of the molecule is NC(N)=NCCn1cc2c(nc1=O)Nc1c(OCCNC(=O)NCCNS(=O)(=O)c3ccccc3[N+](=O)[O-])cccc1O2. The summed E-state index contributed by atoms with van der Waals surface area (Å²) in [6.45, 7) is 0.261. The highest BCUT2D eigenvalue weighted by atomic mass is 32.2. The average molecular weight is 617 g/mol. The molecule has 43 heavy (non-hydrogen) atoms. The number of anilines is 2. The summed E-state index contributed by atoms with van der Waals surface area (Å²) in [5.74, 6) is 1.23. The molecule has 0 saturated carbocycles. The van der Waals surface area contributed by atoms with E-state index in [1.54, 1.807) is 18.2 Å². The van der Waals surface area contributed by atoms with Crippen molar-refractivity contribution in [2.24, 2.45) is 16.5 Å². The Morgan fingerprint density at radius 1 is 1.12 bits per heavy atom. The van der Waals surface area contributed by atoms with E-state index in [0.29, 0.717) is 22.9 Å². The zero-order chi connectivity index (χ0) is 31.0. The standard InChI is InChI=1S/C24H28N10O8S/c25-22(26)27-10-12-33-14-18-21(32-24(33)36)31-20-16(5-3-6-17(20)42-18)41-13-11-29-23(35)28-8-9-30-43(39,40)19-7-2-1-4-15(19)34(37)38/h1-7,14,30H,8-13H2,(H4,25,26,27)(H2,28,29,35)(H,31,32,36). The van der Waals surface area contributed by atoms with Crippen molar-refractivity contribution in [2.75, 3.05) is 38.1 Å². The number of rotatable bonds is 13. The maximum Gasteiger partial charge on any atom is 0.349 e. The quantitative estimate of drug-likeness (QED) is 0.0379.